The first-order chi connectivity index (χ1) is 9.81. The lowest BCUT2D eigenvalue weighted by Gasteiger charge is -2.06. The highest BCUT2D eigenvalue weighted by molar-refractivity contribution is 5.79. The number of hydrogen-bond acceptors (Lipinski definition) is 2. The predicted molar refractivity (Wildman–Crippen MR) is 83.5 cm³/mol. The normalized spacial score (nSPS) is 10.8. The fourth-order valence-electron chi connectivity index (χ4n) is 2.33. The summed E-state index contributed by atoms with van der Waals surface area (Å²) >= 11 is 0. The van der Waals surface area contributed by atoms with Crippen LogP contribution in [0.1, 0.15) is 16.8 Å². The van der Waals surface area contributed by atoms with E-state index >= 15 is 0 Å². The van der Waals surface area contributed by atoms with Gasteiger partial charge in [-0.3, -0.25) is 4.98 Å². The molecule has 1 N–H and O–H groups in total. The Morgan fingerprint density at radius 3 is 2.50 bits per heavy atom. The Morgan fingerprint density at radius 1 is 0.850 bits per heavy atom. The van der Waals surface area contributed by atoms with Crippen molar-refractivity contribution in [1.29, 1.82) is 0 Å². The van der Waals surface area contributed by atoms with Gasteiger partial charge in [0.25, 0.3) is 0 Å². The molecule has 0 spiro atoms. The third kappa shape index (κ3) is 3.03. The van der Waals surface area contributed by atoms with E-state index in [2.05, 4.69) is 64.9 Å². The van der Waals surface area contributed by atoms with Gasteiger partial charge in [0, 0.05) is 24.2 Å². The number of nitrogens with one attached hydrogen (secondary N) is 1. The van der Waals surface area contributed by atoms with Crippen LogP contribution < -0.4 is 5.32 Å². The lowest BCUT2D eigenvalue weighted by atomic mass is 10.1. The van der Waals surface area contributed by atoms with E-state index in [0.717, 1.165) is 24.3 Å². The summed E-state index contributed by atoms with van der Waals surface area (Å²) in [7, 11) is 0. The van der Waals surface area contributed by atoms with Crippen LogP contribution in [0.2, 0.25) is 0 Å². The maximum Gasteiger partial charge on any atom is 0.0705 e. The van der Waals surface area contributed by atoms with Crippen LogP contribution in [0, 0.1) is 6.92 Å². The summed E-state index contributed by atoms with van der Waals surface area (Å²) in [6.07, 6.45) is 0. The topological polar surface area (TPSA) is 24.9 Å². The highest BCUT2D eigenvalue weighted by Gasteiger charge is 1.98. The van der Waals surface area contributed by atoms with Crippen molar-refractivity contribution in [2.45, 2.75) is 20.0 Å². The van der Waals surface area contributed by atoms with E-state index < -0.39 is 0 Å². The van der Waals surface area contributed by atoms with E-state index in [4.69, 9.17) is 0 Å². The molecule has 20 heavy (non-hydrogen) atoms. The van der Waals surface area contributed by atoms with E-state index in [1.165, 1.54) is 16.5 Å². The molecule has 0 fully saturated rings. The van der Waals surface area contributed by atoms with Crippen LogP contribution in [0.15, 0.2) is 60.7 Å². The molecule has 0 bridgehead atoms. The van der Waals surface area contributed by atoms with Gasteiger partial charge in [0.1, 0.15) is 0 Å². The standard InChI is InChI=1S/C18H18N2/c1-14-7-9-17-11-16(8-10-18(17)20-14)13-19-12-15-5-3-2-4-6-15/h2-11,19H,12-13H2,1H3. The first kappa shape index (κ1) is 12.8. The molecule has 0 atom stereocenters. The molecule has 1 aromatic heterocycles. The van der Waals surface area contributed by atoms with Crippen molar-refractivity contribution in [2.24, 2.45) is 0 Å². The molecule has 0 saturated carbocycles. The van der Waals surface area contributed by atoms with Crippen molar-refractivity contribution < 1.29 is 0 Å². The SMILES string of the molecule is Cc1ccc2cc(CNCc3ccccc3)ccc2n1. The lowest BCUT2D eigenvalue weighted by molar-refractivity contribution is 0.694. The van der Waals surface area contributed by atoms with Crippen LogP contribution in [0.3, 0.4) is 0 Å². The number of aryl methyl sites for hydroxylation is 1. The zero-order valence-corrected chi connectivity index (χ0v) is 11.6. The van der Waals surface area contributed by atoms with Crippen LogP contribution in [-0.4, -0.2) is 4.98 Å². The quantitative estimate of drug-likeness (QED) is 0.773. The second-order valence-electron chi connectivity index (χ2n) is 5.07. The highest BCUT2D eigenvalue weighted by atomic mass is 14.8. The van der Waals surface area contributed by atoms with E-state index in [-0.39, 0.29) is 0 Å². The van der Waals surface area contributed by atoms with E-state index in [1.54, 1.807) is 0 Å². The number of fused-ring (bicyclic) bond motifs is 1. The molecule has 0 aliphatic carbocycles. The molecule has 0 aliphatic rings. The smallest absolute Gasteiger partial charge is 0.0705 e. The van der Waals surface area contributed by atoms with Crippen LogP contribution >= 0.6 is 0 Å². The third-order valence-electron chi connectivity index (χ3n) is 3.39. The van der Waals surface area contributed by atoms with Gasteiger partial charge < -0.3 is 5.32 Å². The average Bonchev–Trinajstić information content (AvgIpc) is 2.48. The minimum Gasteiger partial charge on any atom is -0.309 e. The molecule has 2 nitrogen and oxygen atoms in total. The lowest BCUT2D eigenvalue weighted by Crippen LogP contribution is -2.12. The molecule has 0 radical (unpaired) electrons. The largest absolute Gasteiger partial charge is 0.309 e. The number of aromatic nitrogens is 1. The number of pyridine rings is 1. The third-order valence-corrected chi connectivity index (χ3v) is 3.39. The molecule has 2 aromatic carbocycles. The summed E-state index contributed by atoms with van der Waals surface area (Å²) in [4.78, 5) is 4.52. The van der Waals surface area contributed by atoms with Crippen molar-refractivity contribution >= 4 is 10.9 Å². The summed E-state index contributed by atoms with van der Waals surface area (Å²) in [6.45, 7) is 3.79. The number of rotatable bonds is 4. The average molecular weight is 262 g/mol. The van der Waals surface area contributed by atoms with Gasteiger partial charge in [0.05, 0.1) is 5.52 Å². The fraction of sp³-hybridized carbons (Fsp3) is 0.167. The Morgan fingerprint density at radius 2 is 1.65 bits per heavy atom. The van der Waals surface area contributed by atoms with Crippen LogP contribution in [-0.2, 0) is 13.1 Å². The number of hydrogen-bond donors (Lipinski definition) is 1. The second-order valence-corrected chi connectivity index (χ2v) is 5.07. The monoisotopic (exact) mass is 262 g/mol. The summed E-state index contributed by atoms with van der Waals surface area (Å²) in [6, 6.07) is 21.1. The van der Waals surface area contributed by atoms with Gasteiger partial charge in [-0.15, -0.1) is 0 Å². The second kappa shape index (κ2) is 5.85. The molecule has 0 amide bonds. The zero-order chi connectivity index (χ0) is 13.8. The van der Waals surface area contributed by atoms with Gasteiger partial charge in [0.15, 0.2) is 0 Å². The van der Waals surface area contributed by atoms with Crippen LogP contribution in [0.5, 0.6) is 0 Å². The Bertz CT molecular complexity index is 705. The molecule has 0 saturated heterocycles. The van der Waals surface area contributed by atoms with Gasteiger partial charge in [-0.2, -0.15) is 0 Å². The first-order valence-electron chi connectivity index (χ1n) is 6.92. The van der Waals surface area contributed by atoms with Crippen molar-refractivity contribution in [3.63, 3.8) is 0 Å². The minimum atomic E-state index is 0.874. The summed E-state index contributed by atoms with van der Waals surface area (Å²) in [5, 5.41) is 4.68. The van der Waals surface area contributed by atoms with Gasteiger partial charge in [-0.05, 0) is 36.2 Å². The van der Waals surface area contributed by atoms with E-state index in [0.29, 0.717) is 0 Å². The Balaban J connectivity index is 1.67. The van der Waals surface area contributed by atoms with Crippen molar-refractivity contribution in [1.82, 2.24) is 10.3 Å². The number of benzene rings is 2. The molecule has 1 heterocycles. The summed E-state index contributed by atoms with van der Waals surface area (Å²) in [5.41, 5.74) is 4.73. The van der Waals surface area contributed by atoms with Crippen LogP contribution in [0.25, 0.3) is 10.9 Å². The molecule has 100 valence electrons. The van der Waals surface area contributed by atoms with Crippen molar-refractivity contribution in [2.75, 3.05) is 0 Å². The zero-order valence-electron chi connectivity index (χ0n) is 11.6. The van der Waals surface area contributed by atoms with Gasteiger partial charge >= 0.3 is 0 Å². The number of nitrogens with zero attached hydrogens (tertiary/aromatic N) is 1. The van der Waals surface area contributed by atoms with Gasteiger partial charge in [0.2, 0.25) is 0 Å². The molecular formula is C18H18N2. The molecular weight excluding hydrogens is 244 g/mol. The van der Waals surface area contributed by atoms with Crippen molar-refractivity contribution in [3.8, 4) is 0 Å². The summed E-state index contributed by atoms with van der Waals surface area (Å²) in [5.74, 6) is 0. The highest BCUT2D eigenvalue weighted by Crippen LogP contribution is 2.14. The maximum absolute atomic E-state index is 4.52. The molecule has 3 rings (SSSR count). The summed E-state index contributed by atoms with van der Waals surface area (Å²) < 4.78 is 0. The molecule has 0 unspecified atom stereocenters. The van der Waals surface area contributed by atoms with E-state index in [1.807, 2.05) is 13.0 Å². The first-order valence-corrected chi connectivity index (χ1v) is 6.92. The van der Waals surface area contributed by atoms with Crippen molar-refractivity contribution in [3.05, 3.63) is 77.5 Å². The van der Waals surface area contributed by atoms with E-state index in [9.17, 15) is 0 Å². The maximum atomic E-state index is 4.52. The molecule has 3 aromatic rings. The Kier molecular flexibility index (Phi) is 3.75. The van der Waals surface area contributed by atoms with Crippen LogP contribution in [0.4, 0.5) is 0 Å². The molecule has 2 heteroatoms. The van der Waals surface area contributed by atoms with Gasteiger partial charge in [-0.1, -0.05) is 42.5 Å². The Labute approximate surface area is 119 Å². The minimum absolute atomic E-state index is 0.874. The predicted octanol–water partition coefficient (Wildman–Crippen LogP) is 3.83. The fourth-order valence-corrected chi connectivity index (χ4v) is 2.33. The van der Waals surface area contributed by atoms with Gasteiger partial charge in [-0.25, -0.2) is 0 Å². The molecule has 0 aliphatic heterocycles. The Hall–Kier alpha value is -2.19.